The Labute approximate surface area is 107 Å². The Morgan fingerprint density at radius 3 is 2.00 bits per heavy atom. The van der Waals surface area contributed by atoms with Crippen molar-refractivity contribution >= 4 is 5.69 Å². The Kier molecular flexibility index (Phi) is 3.42. The van der Waals surface area contributed by atoms with Crippen molar-refractivity contribution in [3.8, 4) is 11.5 Å². The number of aromatic hydroxyl groups is 2. The minimum absolute atomic E-state index is 0.116. The van der Waals surface area contributed by atoms with Gasteiger partial charge < -0.3 is 15.1 Å². The lowest BCUT2D eigenvalue weighted by molar-refractivity contribution is 0.430. The van der Waals surface area contributed by atoms with Crippen LogP contribution in [-0.2, 0) is 0 Å². The monoisotopic (exact) mass is 243 g/mol. The van der Waals surface area contributed by atoms with Crippen LogP contribution in [0.3, 0.4) is 0 Å². The molecule has 94 valence electrons. The second-order valence-corrected chi connectivity index (χ2v) is 4.33. The van der Waals surface area contributed by atoms with Crippen molar-refractivity contribution < 1.29 is 10.2 Å². The molecule has 3 heteroatoms. The van der Waals surface area contributed by atoms with E-state index in [2.05, 4.69) is 0 Å². The molecule has 0 aromatic heterocycles. The fraction of sp³-hybridized carbons (Fsp3) is 0.200. The Balaban J connectivity index is 2.34. The topological polar surface area (TPSA) is 43.7 Å². The number of phenolic OH excluding ortho intramolecular Hbond substituents is 2. The molecule has 1 atom stereocenters. The van der Waals surface area contributed by atoms with E-state index in [0.717, 1.165) is 5.69 Å². The van der Waals surface area contributed by atoms with Gasteiger partial charge in [0.25, 0.3) is 0 Å². The Morgan fingerprint density at radius 1 is 0.889 bits per heavy atom. The number of rotatable bonds is 3. The summed E-state index contributed by atoms with van der Waals surface area (Å²) in [5, 5.41) is 19.7. The van der Waals surface area contributed by atoms with Crippen molar-refractivity contribution in [3.63, 3.8) is 0 Å². The molecule has 0 amide bonds. The summed E-state index contributed by atoms with van der Waals surface area (Å²) in [4.78, 5) is 2.01. The second-order valence-electron chi connectivity index (χ2n) is 4.33. The molecule has 0 fully saturated rings. The van der Waals surface area contributed by atoms with Crippen LogP contribution in [0.15, 0.2) is 48.5 Å². The van der Waals surface area contributed by atoms with Crippen molar-refractivity contribution in [2.24, 2.45) is 0 Å². The number of benzene rings is 2. The van der Waals surface area contributed by atoms with Crippen molar-refractivity contribution in [3.05, 3.63) is 54.1 Å². The zero-order valence-electron chi connectivity index (χ0n) is 10.5. The van der Waals surface area contributed by atoms with Crippen LogP contribution in [0.1, 0.15) is 18.5 Å². The highest BCUT2D eigenvalue weighted by Gasteiger charge is 2.19. The van der Waals surface area contributed by atoms with Gasteiger partial charge in [0.1, 0.15) is 11.5 Å². The fourth-order valence-electron chi connectivity index (χ4n) is 2.05. The molecule has 2 aromatic carbocycles. The highest BCUT2D eigenvalue weighted by Crippen LogP contribution is 2.36. The van der Waals surface area contributed by atoms with E-state index in [1.54, 1.807) is 18.2 Å². The summed E-state index contributed by atoms with van der Waals surface area (Å²) in [6.07, 6.45) is 0. The minimum Gasteiger partial charge on any atom is -0.507 e. The first-order valence-electron chi connectivity index (χ1n) is 5.90. The third-order valence-corrected chi connectivity index (χ3v) is 3.22. The molecule has 0 aliphatic heterocycles. The Morgan fingerprint density at radius 2 is 1.44 bits per heavy atom. The van der Waals surface area contributed by atoms with Gasteiger partial charge in [0, 0.05) is 12.7 Å². The summed E-state index contributed by atoms with van der Waals surface area (Å²) in [6.45, 7) is 1.95. The largest absolute Gasteiger partial charge is 0.507 e. The van der Waals surface area contributed by atoms with Gasteiger partial charge >= 0.3 is 0 Å². The van der Waals surface area contributed by atoms with E-state index in [-0.39, 0.29) is 17.5 Å². The molecule has 0 spiro atoms. The first-order valence-corrected chi connectivity index (χ1v) is 5.90. The zero-order chi connectivity index (χ0) is 13.1. The average molecular weight is 243 g/mol. The lowest BCUT2D eigenvalue weighted by atomic mass is 10.0. The van der Waals surface area contributed by atoms with Gasteiger partial charge in [-0.15, -0.1) is 0 Å². The molecule has 0 radical (unpaired) electrons. The van der Waals surface area contributed by atoms with Crippen LogP contribution in [0.25, 0.3) is 0 Å². The van der Waals surface area contributed by atoms with Crippen molar-refractivity contribution in [1.82, 2.24) is 0 Å². The fourth-order valence-corrected chi connectivity index (χ4v) is 2.05. The van der Waals surface area contributed by atoms with E-state index in [1.165, 1.54) is 0 Å². The van der Waals surface area contributed by atoms with Crippen LogP contribution < -0.4 is 4.90 Å². The van der Waals surface area contributed by atoms with Gasteiger partial charge in [-0.2, -0.15) is 0 Å². The molecule has 0 saturated carbocycles. The van der Waals surface area contributed by atoms with Gasteiger partial charge in [-0.05, 0) is 31.2 Å². The first-order chi connectivity index (χ1) is 8.61. The predicted octanol–water partition coefficient (Wildman–Crippen LogP) is 3.30. The van der Waals surface area contributed by atoms with Crippen LogP contribution >= 0.6 is 0 Å². The molecule has 2 rings (SSSR count). The van der Waals surface area contributed by atoms with Crippen LogP contribution in [-0.4, -0.2) is 17.3 Å². The number of hydrogen-bond acceptors (Lipinski definition) is 3. The summed E-state index contributed by atoms with van der Waals surface area (Å²) in [6, 6.07) is 14.6. The van der Waals surface area contributed by atoms with E-state index in [9.17, 15) is 10.2 Å². The van der Waals surface area contributed by atoms with E-state index >= 15 is 0 Å². The molecular weight excluding hydrogens is 226 g/mol. The third kappa shape index (κ3) is 2.25. The molecule has 0 heterocycles. The SMILES string of the molecule is CC(c1c(O)cccc1O)N(C)c1ccccc1. The molecule has 0 aliphatic rings. The summed E-state index contributed by atoms with van der Waals surface area (Å²) in [7, 11) is 1.94. The van der Waals surface area contributed by atoms with Gasteiger partial charge in [0.2, 0.25) is 0 Å². The molecule has 0 bridgehead atoms. The number of anilines is 1. The summed E-state index contributed by atoms with van der Waals surface area (Å²) >= 11 is 0. The van der Waals surface area contributed by atoms with E-state index in [0.29, 0.717) is 5.56 Å². The smallest absolute Gasteiger partial charge is 0.124 e. The Hall–Kier alpha value is -2.16. The number of phenols is 2. The van der Waals surface area contributed by atoms with Crippen molar-refractivity contribution in [1.29, 1.82) is 0 Å². The van der Waals surface area contributed by atoms with Crippen LogP contribution in [0.2, 0.25) is 0 Å². The molecule has 0 aliphatic carbocycles. The standard InChI is InChI=1S/C15H17NO2/c1-11(15-13(17)9-6-10-14(15)18)16(2)12-7-4-3-5-8-12/h3-11,17-18H,1-2H3. The second kappa shape index (κ2) is 5.00. The molecule has 0 saturated heterocycles. The summed E-state index contributed by atoms with van der Waals surface area (Å²) in [5.74, 6) is 0.232. The normalized spacial score (nSPS) is 12.1. The Bertz CT molecular complexity index is 505. The minimum atomic E-state index is -0.117. The van der Waals surface area contributed by atoms with E-state index in [1.807, 2.05) is 49.2 Å². The number of nitrogens with zero attached hydrogens (tertiary/aromatic N) is 1. The zero-order valence-corrected chi connectivity index (χ0v) is 10.5. The predicted molar refractivity (Wildman–Crippen MR) is 73.0 cm³/mol. The first kappa shape index (κ1) is 12.3. The quantitative estimate of drug-likeness (QED) is 0.869. The maximum absolute atomic E-state index is 9.87. The molecular formula is C15H17NO2. The van der Waals surface area contributed by atoms with Gasteiger partial charge in [0.05, 0.1) is 11.6 Å². The van der Waals surface area contributed by atoms with Crippen molar-refractivity contribution in [2.45, 2.75) is 13.0 Å². The van der Waals surface area contributed by atoms with Crippen LogP contribution in [0.5, 0.6) is 11.5 Å². The molecule has 1 unspecified atom stereocenters. The molecule has 3 nitrogen and oxygen atoms in total. The van der Waals surface area contributed by atoms with Gasteiger partial charge in [0.15, 0.2) is 0 Å². The highest BCUT2D eigenvalue weighted by molar-refractivity contribution is 5.52. The average Bonchev–Trinajstić information content (AvgIpc) is 2.38. The summed E-state index contributed by atoms with van der Waals surface area (Å²) in [5.41, 5.74) is 1.58. The maximum atomic E-state index is 9.87. The third-order valence-electron chi connectivity index (χ3n) is 3.22. The lowest BCUT2D eigenvalue weighted by Crippen LogP contribution is -2.21. The molecule has 2 N–H and O–H groups in total. The van der Waals surface area contributed by atoms with Crippen LogP contribution in [0, 0.1) is 0 Å². The van der Waals surface area contributed by atoms with Crippen molar-refractivity contribution in [2.75, 3.05) is 11.9 Å². The lowest BCUT2D eigenvalue weighted by Gasteiger charge is -2.28. The van der Waals surface area contributed by atoms with E-state index in [4.69, 9.17) is 0 Å². The summed E-state index contributed by atoms with van der Waals surface area (Å²) < 4.78 is 0. The molecule has 18 heavy (non-hydrogen) atoms. The number of hydrogen-bond donors (Lipinski definition) is 2. The van der Waals surface area contributed by atoms with Crippen LogP contribution in [0.4, 0.5) is 5.69 Å². The van der Waals surface area contributed by atoms with E-state index < -0.39 is 0 Å². The van der Waals surface area contributed by atoms with Gasteiger partial charge in [-0.25, -0.2) is 0 Å². The van der Waals surface area contributed by atoms with Gasteiger partial charge in [-0.3, -0.25) is 0 Å². The highest BCUT2D eigenvalue weighted by atomic mass is 16.3. The maximum Gasteiger partial charge on any atom is 0.124 e. The number of para-hydroxylation sites is 1. The molecule has 2 aromatic rings. The van der Waals surface area contributed by atoms with Gasteiger partial charge in [-0.1, -0.05) is 24.3 Å².